The van der Waals surface area contributed by atoms with Gasteiger partial charge in [-0.1, -0.05) is 6.07 Å². The van der Waals surface area contributed by atoms with Gasteiger partial charge in [0.05, 0.1) is 6.61 Å². The molecule has 2 aromatic rings. The quantitative estimate of drug-likeness (QED) is 0.784. The SMILES string of the molecule is CCOC(=O)N1CCN(C(=O)c2c(C)cc(C)n2Cc2ccc(F)c(F)c2)CC1. The Labute approximate surface area is 168 Å². The van der Waals surface area contributed by atoms with Crippen LogP contribution in [0.5, 0.6) is 0 Å². The van der Waals surface area contributed by atoms with E-state index in [-0.39, 0.29) is 18.5 Å². The van der Waals surface area contributed by atoms with E-state index in [1.165, 1.54) is 6.07 Å². The Bertz CT molecular complexity index is 918. The maximum absolute atomic E-state index is 13.6. The Morgan fingerprint density at radius 2 is 1.66 bits per heavy atom. The van der Waals surface area contributed by atoms with E-state index in [0.29, 0.717) is 44.0 Å². The van der Waals surface area contributed by atoms with Gasteiger partial charge in [-0.2, -0.15) is 0 Å². The molecule has 0 radical (unpaired) electrons. The molecule has 0 bridgehead atoms. The number of aryl methyl sites for hydroxylation is 2. The molecule has 1 aliphatic rings. The number of aromatic nitrogens is 1. The lowest BCUT2D eigenvalue weighted by atomic mass is 10.2. The highest BCUT2D eigenvalue weighted by Crippen LogP contribution is 2.21. The predicted molar refractivity (Wildman–Crippen MR) is 104 cm³/mol. The summed E-state index contributed by atoms with van der Waals surface area (Å²) in [4.78, 5) is 28.4. The van der Waals surface area contributed by atoms with Gasteiger partial charge >= 0.3 is 6.09 Å². The van der Waals surface area contributed by atoms with Gasteiger partial charge in [0, 0.05) is 38.4 Å². The second kappa shape index (κ2) is 8.63. The first-order chi connectivity index (χ1) is 13.8. The van der Waals surface area contributed by atoms with E-state index >= 15 is 0 Å². The van der Waals surface area contributed by atoms with Crippen molar-refractivity contribution in [3.8, 4) is 0 Å². The summed E-state index contributed by atoms with van der Waals surface area (Å²) < 4.78 is 33.7. The largest absolute Gasteiger partial charge is 0.450 e. The van der Waals surface area contributed by atoms with Crippen LogP contribution in [0.25, 0.3) is 0 Å². The second-order valence-electron chi connectivity index (χ2n) is 7.13. The van der Waals surface area contributed by atoms with Crippen LogP contribution in [0.15, 0.2) is 24.3 Å². The molecule has 3 rings (SSSR count). The molecule has 1 aromatic heterocycles. The van der Waals surface area contributed by atoms with Crippen molar-refractivity contribution < 1.29 is 23.1 Å². The fraction of sp³-hybridized carbons (Fsp3) is 0.429. The van der Waals surface area contributed by atoms with Crippen LogP contribution < -0.4 is 0 Å². The van der Waals surface area contributed by atoms with Crippen LogP contribution in [-0.2, 0) is 11.3 Å². The highest BCUT2D eigenvalue weighted by atomic mass is 19.2. The number of rotatable bonds is 4. The third-order valence-electron chi connectivity index (χ3n) is 5.11. The van der Waals surface area contributed by atoms with Gasteiger partial charge in [-0.15, -0.1) is 0 Å². The number of nitrogens with zero attached hydrogens (tertiary/aromatic N) is 3. The molecule has 8 heteroatoms. The van der Waals surface area contributed by atoms with Gasteiger partial charge in [-0.25, -0.2) is 13.6 Å². The minimum atomic E-state index is -0.910. The first-order valence-corrected chi connectivity index (χ1v) is 9.63. The Hall–Kier alpha value is -2.90. The van der Waals surface area contributed by atoms with Crippen LogP contribution in [0, 0.1) is 25.5 Å². The average Bonchev–Trinajstić information content (AvgIpc) is 2.97. The number of hydrogen-bond donors (Lipinski definition) is 0. The van der Waals surface area contributed by atoms with Gasteiger partial charge in [-0.05, 0) is 50.1 Å². The standard InChI is InChI=1S/C21H25F2N3O3/c1-4-29-21(28)25-9-7-24(8-10-25)20(27)19-14(2)11-15(3)26(19)13-16-5-6-17(22)18(23)12-16/h5-6,11-12H,4,7-10,13H2,1-3H3. The summed E-state index contributed by atoms with van der Waals surface area (Å²) in [6.45, 7) is 7.70. The Morgan fingerprint density at radius 1 is 1.00 bits per heavy atom. The molecule has 0 atom stereocenters. The zero-order valence-corrected chi connectivity index (χ0v) is 16.9. The highest BCUT2D eigenvalue weighted by molar-refractivity contribution is 5.94. The fourth-order valence-corrected chi connectivity index (χ4v) is 3.61. The maximum Gasteiger partial charge on any atom is 0.409 e. The van der Waals surface area contributed by atoms with E-state index in [2.05, 4.69) is 0 Å². The molecule has 6 nitrogen and oxygen atoms in total. The summed E-state index contributed by atoms with van der Waals surface area (Å²) in [5, 5.41) is 0. The van der Waals surface area contributed by atoms with Crippen molar-refractivity contribution in [2.24, 2.45) is 0 Å². The zero-order chi connectivity index (χ0) is 21.1. The number of ether oxygens (including phenoxy) is 1. The lowest BCUT2D eigenvalue weighted by Gasteiger charge is -2.34. The molecular formula is C21H25F2N3O3. The molecule has 0 saturated carbocycles. The van der Waals surface area contributed by atoms with Crippen molar-refractivity contribution in [3.63, 3.8) is 0 Å². The molecule has 29 heavy (non-hydrogen) atoms. The topological polar surface area (TPSA) is 54.8 Å². The Balaban J connectivity index is 1.78. The van der Waals surface area contributed by atoms with E-state index in [1.54, 1.807) is 16.7 Å². The smallest absolute Gasteiger partial charge is 0.409 e. The Morgan fingerprint density at radius 3 is 2.28 bits per heavy atom. The Kier molecular flexibility index (Phi) is 6.20. The fourth-order valence-electron chi connectivity index (χ4n) is 3.61. The molecule has 2 amide bonds. The van der Waals surface area contributed by atoms with Crippen molar-refractivity contribution in [2.75, 3.05) is 32.8 Å². The molecule has 156 valence electrons. The molecule has 1 saturated heterocycles. The van der Waals surface area contributed by atoms with Gasteiger partial charge in [0.15, 0.2) is 11.6 Å². The van der Waals surface area contributed by atoms with Crippen molar-refractivity contribution in [3.05, 3.63) is 58.4 Å². The molecule has 0 N–H and O–H groups in total. The van der Waals surface area contributed by atoms with Crippen LogP contribution in [0.2, 0.25) is 0 Å². The molecule has 1 fully saturated rings. The van der Waals surface area contributed by atoms with Crippen LogP contribution in [0.3, 0.4) is 0 Å². The zero-order valence-electron chi connectivity index (χ0n) is 16.9. The number of amides is 2. The summed E-state index contributed by atoms with van der Waals surface area (Å²) in [7, 11) is 0. The normalized spacial score (nSPS) is 14.2. The first-order valence-electron chi connectivity index (χ1n) is 9.63. The lowest BCUT2D eigenvalue weighted by molar-refractivity contribution is 0.0561. The summed E-state index contributed by atoms with van der Waals surface area (Å²) in [5.41, 5.74) is 2.78. The molecule has 0 aliphatic carbocycles. The third-order valence-corrected chi connectivity index (χ3v) is 5.11. The average molecular weight is 405 g/mol. The van der Waals surface area contributed by atoms with Crippen LogP contribution in [0.4, 0.5) is 13.6 Å². The van der Waals surface area contributed by atoms with Crippen molar-refractivity contribution in [1.82, 2.24) is 14.4 Å². The van der Waals surface area contributed by atoms with Crippen LogP contribution >= 0.6 is 0 Å². The summed E-state index contributed by atoms with van der Waals surface area (Å²) in [5.74, 6) is -1.95. The summed E-state index contributed by atoms with van der Waals surface area (Å²) in [6, 6.07) is 5.66. The monoisotopic (exact) mass is 405 g/mol. The van der Waals surface area contributed by atoms with E-state index in [1.807, 2.05) is 24.5 Å². The lowest BCUT2D eigenvalue weighted by Crippen LogP contribution is -2.51. The molecule has 2 heterocycles. The van der Waals surface area contributed by atoms with Crippen LogP contribution in [0.1, 0.15) is 34.2 Å². The van der Waals surface area contributed by atoms with Gasteiger partial charge in [-0.3, -0.25) is 4.79 Å². The third kappa shape index (κ3) is 4.41. The minimum absolute atomic E-state index is 0.137. The van der Waals surface area contributed by atoms with E-state index < -0.39 is 11.6 Å². The molecule has 0 unspecified atom stereocenters. The first kappa shape index (κ1) is 20.8. The molecule has 0 spiro atoms. The van der Waals surface area contributed by atoms with Gasteiger partial charge in [0.25, 0.3) is 5.91 Å². The van der Waals surface area contributed by atoms with Crippen molar-refractivity contribution >= 4 is 12.0 Å². The van der Waals surface area contributed by atoms with Crippen molar-refractivity contribution in [2.45, 2.75) is 27.3 Å². The predicted octanol–water partition coefficient (Wildman–Crippen LogP) is 3.35. The van der Waals surface area contributed by atoms with Gasteiger partial charge in [0.1, 0.15) is 5.69 Å². The van der Waals surface area contributed by atoms with E-state index in [4.69, 9.17) is 4.74 Å². The molecule has 1 aliphatic heterocycles. The van der Waals surface area contributed by atoms with Crippen molar-refractivity contribution in [1.29, 1.82) is 0 Å². The van der Waals surface area contributed by atoms with E-state index in [9.17, 15) is 18.4 Å². The number of halogens is 2. The van der Waals surface area contributed by atoms with Crippen LogP contribution in [-0.4, -0.2) is 59.2 Å². The molecular weight excluding hydrogens is 380 g/mol. The van der Waals surface area contributed by atoms with E-state index in [0.717, 1.165) is 23.4 Å². The second-order valence-corrected chi connectivity index (χ2v) is 7.13. The van der Waals surface area contributed by atoms with Gasteiger partial charge < -0.3 is 19.1 Å². The number of carbonyl (C=O) groups is 2. The number of benzene rings is 1. The molecule has 1 aromatic carbocycles. The summed E-state index contributed by atoms with van der Waals surface area (Å²) in [6.07, 6.45) is -0.367. The summed E-state index contributed by atoms with van der Waals surface area (Å²) >= 11 is 0. The maximum atomic E-state index is 13.6. The number of hydrogen-bond acceptors (Lipinski definition) is 3. The highest BCUT2D eigenvalue weighted by Gasteiger charge is 2.28. The van der Waals surface area contributed by atoms with Gasteiger partial charge in [0.2, 0.25) is 0 Å². The minimum Gasteiger partial charge on any atom is -0.450 e. The number of piperazine rings is 1. The number of carbonyl (C=O) groups excluding carboxylic acids is 2.